The van der Waals surface area contributed by atoms with Gasteiger partial charge in [-0.25, -0.2) is 0 Å². The second-order valence-corrected chi connectivity index (χ2v) is 4.12. The molecule has 2 N–H and O–H groups in total. The molecule has 76 valence electrons. The van der Waals surface area contributed by atoms with Crippen LogP contribution in [0.3, 0.4) is 0 Å². The van der Waals surface area contributed by atoms with E-state index in [2.05, 4.69) is 37.0 Å². The molecule has 0 bridgehead atoms. The normalized spacial score (nSPS) is 11.8. The van der Waals surface area contributed by atoms with E-state index in [9.17, 15) is 0 Å². The Morgan fingerprint density at radius 1 is 1.43 bits per heavy atom. The highest BCUT2D eigenvalue weighted by molar-refractivity contribution is 8.13. The van der Waals surface area contributed by atoms with Gasteiger partial charge in [-0.1, -0.05) is 35.5 Å². The third kappa shape index (κ3) is 3.07. The first-order valence-corrected chi connectivity index (χ1v) is 5.76. The second kappa shape index (κ2) is 5.05. The third-order valence-electron chi connectivity index (χ3n) is 2.11. The Labute approximate surface area is 89.6 Å². The molecule has 0 spiro atoms. The highest BCUT2D eigenvalue weighted by Crippen LogP contribution is 2.11. The fourth-order valence-electron chi connectivity index (χ4n) is 1.25. The summed E-state index contributed by atoms with van der Waals surface area (Å²) < 4.78 is 0. The molecule has 0 heterocycles. The number of thioether (sulfide) groups is 1. The summed E-state index contributed by atoms with van der Waals surface area (Å²) >= 11 is 1.48. The summed E-state index contributed by atoms with van der Waals surface area (Å²) in [6.07, 6.45) is 1.93. The minimum atomic E-state index is 0.643. The van der Waals surface area contributed by atoms with Crippen LogP contribution in [0.1, 0.15) is 16.7 Å². The van der Waals surface area contributed by atoms with Crippen molar-refractivity contribution >= 4 is 16.9 Å². The van der Waals surface area contributed by atoms with Gasteiger partial charge in [0.2, 0.25) is 0 Å². The van der Waals surface area contributed by atoms with Gasteiger partial charge in [-0.05, 0) is 31.2 Å². The van der Waals surface area contributed by atoms with E-state index in [0.29, 0.717) is 11.7 Å². The summed E-state index contributed by atoms with van der Waals surface area (Å²) in [7, 11) is 0. The Morgan fingerprint density at radius 3 is 2.71 bits per heavy atom. The molecule has 3 heteroatoms. The van der Waals surface area contributed by atoms with Crippen LogP contribution in [-0.4, -0.2) is 11.4 Å². The predicted molar refractivity (Wildman–Crippen MR) is 64.8 cm³/mol. The number of aliphatic imine (C=N–C) groups is 1. The van der Waals surface area contributed by atoms with E-state index in [4.69, 9.17) is 5.73 Å². The van der Waals surface area contributed by atoms with Crippen molar-refractivity contribution in [3.8, 4) is 0 Å². The lowest BCUT2D eigenvalue weighted by Gasteiger charge is -2.04. The summed E-state index contributed by atoms with van der Waals surface area (Å²) in [6, 6.07) is 6.38. The Kier molecular flexibility index (Phi) is 4.01. The number of hydrogen-bond donors (Lipinski definition) is 1. The molecule has 0 aliphatic heterocycles. The fourth-order valence-corrected chi connectivity index (χ4v) is 1.44. The largest absolute Gasteiger partial charge is 0.379 e. The molecule has 0 atom stereocenters. The zero-order valence-electron chi connectivity index (χ0n) is 8.87. The Bertz CT molecular complexity index is 345. The van der Waals surface area contributed by atoms with Gasteiger partial charge in [-0.15, -0.1) is 0 Å². The topological polar surface area (TPSA) is 38.4 Å². The first kappa shape index (κ1) is 11.1. The van der Waals surface area contributed by atoms with E-state index in [1.165, 1.54) is 28.5 Å². The molecule has 0 radical (unpaired) electrons. The van der Waals surface area contributed by atoms with Crippen LogP contribution in [-0.2, 0) is 6.54 Å². The zero-order chi connectivity index (χ0) is 10.6. The van der Waals surface area contributed by atoms with Gasteiger partial charge in [0.05, 0.1) is 6.54 Å². The maximum Gasteiger partial charge on any atom is 0.153 e. The first-order chi connectivity index (χ1) is 6.63. The highest BCUT2D eigenvalue weighted by Gasteiger charge is 1.97. The van der Waals surface area contributed by atoms with Gasteiger partial charge in [0.15, 0.2) is 5.17 Å². The lowest BCUT2D eigenvalue weighted by Crippen LogP contribution is -2.05. The molecule has 0 unspecified atom stereocenters. The number of benzene rings is 1. The van der Waals surface area contributed by atoms with Crippen LogP contribution in [0.4, 0.5) is 0 Å². The molecule has 0 fully saturated rings. The smallest absolute Gasteiger partial charge is 0.153 e. The Balaban J connectivity index is 2.77. The third-order valence-corrected chi connectivity index (χ3v) is 2.66. The molecule has 1 aromatic carbocycles. The number of hydrogen-bond acceptors (Lipinski definition) is 2. The summed E-state index contributed by atoms with van der Waals surface area (Å²) in [4.78, 5) is 4.26. The maximum atomic E-state index is 5.61. The van der Waals surface area contributed by atoms with Crippen LogP contribution in [0.5, 0.6) is 0 Å². The fraction of sp³-hybridized carbons (Fsp3) is 0.364. The molecule has 1 rings (SSSR count). The van der Waals surface area contributed by atoms with Gasteiger partial charge >= 0.3 is 0 Å². The summed E-state index contributed by atoms with van der Waals surface area (Å²) in [5.74, 6) is 0. The second-order valence-electron chi connectivity index (χ2n) is 3.29. The number of nitrogens with zero attached hydrogens (tertiary/aromatic N) is 1. The maximum absolute atomic E-state index is 5.61. The molecule has 14 heavy (non-hydrogen) atoms. The van der Waals surface area contributed by atoms with Crippen molar-refractivity contribution in [2.75, 3.05) is 6.26 Å². The van der Waals surface area contributed by atoms with Crippen LogP contribution in [0, 0.1) is 13.8 Å². The number of rotatable bonds is 2. The predicted octanol–water partition coefficient (Wildman–Crippen LogP) is 2.48. The molecular weight excluding hydrogens is 192 g/mol. The van der Waals surface area contributed by atoms with E-state index in [0.717, 1.165) is 0 Å². The standard InChI is InChI=1S/C11H16N2S/c1-8-4-5-10(9(2)6-8)7-13-11(12)14-3/h4-6H,7H2,1-3H3,(H2,12,13). The summed E-state index contributed by atoms with van der Waals surface area (Å²) in [6.45, 7) is 4.88. The monoisotopic (exact) mass is 208 g/mol. The van der Waals surface area contributed by atoms with Crippen molar-refractivity contribution in [3.05, 3.63) is 34.9 Å². The lowest BCUT2D eigenvalue weighted by molar-refractivity contribution is 1.05. The minimum absolute atomic E-state index is 0.643. The number of amidine groups is 1. The molecule has 0 saturated carbocycles. The average Bonchev–Trinajstić information content (AvgIpc) is 2.16. The van der Waals surface area contributed by atoms with Crippen LogP contribution in [0.2, 0.25) is 0 Å². The number of aryl methyl sites for hydroxylation is 2. The van der Waals surface area contributed by atoms with Crippen molar-refractivity contribution in [1.29, 1.82) is 0 Å². The van der Waals surface area contributed by atoms with Crippen molar-refractivity contribution in [1.82, 2.24) is 0 Å². The van der Waals surface area contributed by atoms with Gasteiger partial charge in [-0.3, -0.25) is 4.99 Å². The number of nitrogens with two attached hydrogens (primary N) is 1. The van der Waals surface area contributed by atoms with E-state index < -0.39 is 0 Å². The van der Waals surface area contributed by atoms with Crippen molar-refractivity contribution < 1.29 is 0 Å². The zero-order valence-corrected chi connectivity index (χ0v) is 9.69. The van der Waals surface area contributed by atoms with Crippen LogP contribution in [0.25, 0.3) is 0 Å². The first-order valence-electron chi connectivity index (χ1n) is 4.53. The summed E-state index contributed by atoms with van der Waals surface area (Å²) in [5, 5.41) is 0.643. The highest BCUT2D eigenvalue weighted by atomic mass is 32.2. The van der Waals surface area contributed by atoms with Crippen molar-refractivity contribution in [2.45, 2.75) is 20.4 Å². The Morgan fingerprint density at radius 2 is 2.14 bits per heavy atom. The molecular formula is C11H16N2S. The van der Waals surface area contributed by atoms with Crippen molar-refractivity contribution in [3.63, 3.8) is 0 Å². The molecule has 2 nitrogen and oxygen atoms in total. The van der Waals surface area contributed by atoms with E-state index in [-0.39, 0.29) is 0 Å². The lowest BCUT2D eigenvalue weighted by atomic mass is 10.1. The van der Waals surface area contributed by atoms with E-state index >= 15 is 0 Å². The average molecular weight is 208 g/mol. The van der Waals surface area contributed by atoms with Crippen LogP contribution < -0.4 is 5.73 Å². The quantitative estimate of drug-likeness (QED) is 0.599. The van der Waals surface area contributed by atoms with E-state index in [1.807, 2.05) is 6.26 Å². The van der Waals surface area contributed by atoms with Gasteiger partial charge in [0.25, 0.3) is 0 Å². The minimum Gasteiger partial charge on any atom is -0.379 e. The van der Waals surface area contributed by atoms with Gasteiger partial charge in [-0.2, -0.15) is 0 Å². The molecule has 0 saturated heterocycles. The SMILES string of the molecule is CSC(N)=NCc1ccc(C)cc1C. The van der Waals surface area contributed by atoms with Gasteiger partial charge < -0.3 is 5.73 Å². The molecule has 1 aromatic rings. The van der Waals surface area contributed by atoms with Gasteiger partial charge in [0, 0.05) is 0 Å². The molecule has 0 aliphatic rings. The Hall–Kier alpha value is -0.960. The van der Waals surface area contributed by atoms with Gasteiger partial charge in [0.1, 0.15) is 0 Å². The molecule has 0 aromatic heterocycles. The summed E-state index contributed by atoms with van der Waals surface area (Å²) in [5.41, 5.74) is 9.42. The van der Waals surface area contributed by atoms with E-state index in [1.54, 1.807) is 0 Å². The van der Waals surface area contributed by atoms with Crippen LogP contribution >= 0.6 is 11.8 Å². The van der Waals surface area contributed by atoms with Crippen molar-refractivity contribution in [2.24, 2.45) is 10.7 Å². The molecule has 0 amide bonds. The van der Waals surface area contributed by atoms with Crippen LogP contribution in [0.15, 0.2) is 23.2 Å². The molecule has 0 aliphatic carbocycles.